The van der Waals surface area contributed by atoms with Crippen LogP contribution in [0.3, 0.4) is 0 Å². The van der Waals surface area contributed by atoms with Crippen LogP contribution in [-0.4, -0.2) is 59.3 Å². The van der Waals surface area contributed by atoms with E-state index in [-0.39, 0.29) is 41.1 Å². The van der Waals surface area contributed by atoms with E-state index in [1.165, 1.54) is 18.2 Å². The van der Waals surface area contributed by atoms with Gasteiger partial charge in [-0.2, -0.15) is 0 Å². The van der Waals surface area contributed by atoms with Crippen LogP contribution in [0.25, 0.3) is 0 Å². The second-order valence-corrected chi connectivity index (χ2v) is 7.16. The minimum atomic E-state index is -0.513. The van der Waals surface area contributed by atoms with Crippen molar-refractivity contribution in [3.63, 3.8) is 0 Å². The lowest BCUT2D eigenvalue weighted by molar-refractivity contribution is -0.384. The van der Waals surface area contributed by atoms with Crippen molar-refractivity contribution in [2.45, 2.75) is 6.42 Å². The number of nitrogens with zero attached hydrogens (tertiary/aromatic N) is 3. The number of hydrogen-bond donors (Lipinski definition) is 1. The number of para-hydroxylation sites is 2. The van der Waals surface area contributed by atoms with Crippen LogP contribution >= 0.6 is 11.6 Å². The first-order valence-electron chi connectivity index (χ1n) is 9.36. The zero-order chi connectivity index (χ0) is 21.7. The predicted molar refractivity (Wildman–Crippen MR) is 110 cm³/mol. The number of piperazine rings is 1. The SMILES string of the molecule is O=C(CCNc1ccccc1[N+](=O)[O-])N1CCN(C(=O)c2ccc(F)cc2Cl)CC1. The number of anilines is 1. The van der Waals surface area contributed by atoms with Crippen molar-refractivity contribution in [2.24, 2.45) is 0 Å². The van der Waals surface area contributed by atoms with E-state index in [0.717, 1.165) is 6.07 Å². The van der Waals surface area contributed by atoms with E-state index in [9.17, 15) is 24.1 Å². The molecule has 0 radical (unpaired) electrons. The molecule has 2 aromatic rings. The summed E-state index contributed by atoms with van der Waals surface area (Å²) in [6.45, 7) is 1.68. The van der Waals surface area contributed by atoms with Gasteiger partial charge in [-0.15, -0.1) is 0 Å². The second-order valence-electron chi connectivity index (χ2n) is 6.75. The third-order valence-corrected chi connectivity index (χ3v) is 5.15. The Kier molecular flexibility index (Phi) is 6.83. The molecule has 2 amide bonds. The van der Waals surface area contributed by atoms with Crippen LogP contribution in [0.5, 0.6) is 0 Å². The molecule has 1 N–H and O–H groups in total. The topological polar surface area (TPSA) is 95.8 Å². The summed E-state index contributed by atoms with van der Waals surface area (Å²) in [6, 6.07) is 9.88. The number of hydrogen-bond acceptors (Lipinski definition) is 5. The van der Waals surface area contributed by atoms with Crippen LogP contribution < -0.4 is 5.32 Å². The van der Waals surface area contributed by atoms with Gasteiger partial charge in [-0.25, -0.2) is 4.39 Å². The Bertz CT molecular complexity index is 964. The van der Waals surface area contributed by atoms with Crippen molar-refractivity contribution in [1.82, 2.24) is 9.80 Å². The molecule has 8 nitrogen and oxygen atoms in total. The lowest BCUT2D eigenvalue weighted by Gasteiger charge is -2.35. The molecule has 0 aliphatic carbocycles. The predicted octanol–water partition coefficient (Wildman–Crippen LogP) is 3.17. The number of nitro benzene ring substituents is 1. The summed E-state index contributed by atoms with van der Waals surface area (Å²) in [5, 5.41) is 14.0. The molecule has 1 aliphatic rings. The van der Waals surface area contributed by atoms with Gasteiger partial charge in [0.15, 0.2) is 0 Å². The molecule has 10 heteroatoms. The highest BCUT2D eigenvalue weighted by atomic mass is 35.5. The fourth-order valence-corrected chi connectivity index (χ4v) is 3.48. The van der Waals surface area contributed by atoms with Crippen LogP contribution in [0, 0.1) is 15.9 Å². The van der Waals surface area contributed by atoms with Gasteiger partial charge in [-0.1, -0.05) is 23.7 Å². The molecule has 3 rings (SSSR count). The molecule has 0 atom stereocenters. The van der Waals surface area contributed by atoms with E-state index >= 15 is 0 Å². The normalized spacial score (nSPS) is 13.8. The second kappa shape index (κ2) is 9.53. The van der Waals surface area contributed by atoms with Crippen LogP contribution in [0.4, 0.5) is 15.8 Å². The van der Waals surface area contributed by atoms with Gasteiger partial charge in [0.25, 0.3) is 11.6 Å². The molecular weight excluding hydrogens is 415 g/mol. The van der Waals surface area contributed by atoms with E-state index in [2.05, 4.69) is 5.32 Å². The van der Waals surface area contributed by atoms with Crippen LogP contribution in [0.15, 0.2) is 42.5 Å². The fraction of sp³-hybridized carbons (Fsp3) is 0.300. The average molecular weight is 435 g/mol. The van der Waals surface area contributed by atoms with Gasteiger partial charge in [0.1, 0.15) is 11.5 Å². The van der Waals surface area contributed by atoms with Gasteiger partial charge in [0, 0.05) is 45.2 Å². The highest BCUT2D eigenvalue weighted by Gasteiger charge is 2.26. The summed E-state index contributed by atoms with van der Waals surface area (Å²) >= 11 is 5.96. The molecule has 0 aromatic heterocycles. The first-order valence-corrected chi connectivity index (χ1v) is 9.74. The molecular formula is C20H20ClFN4O4. The van der Waals surface area contributed by atoms with Gasteiger partial charge in [-0.05, 0) is 24.3 Å². The van der Waals surface area contributed by atoms with Gasteiger partial charge in [-0.3, -0.25) is 19.7 Å². The summed E-state index contributed by atoms with van der Waals surface area (Å²) in [5.41, 5.74) is 0.546. The summed E-state index contributed by atoms with van der Waals surface area (Å²) in [7, 11) is 0. The van der Waals surface area contributed by atoms with E-state index in [4.69, 9.17) is 11.6 Å². The molecule has 0 bridgehead atoms. The Labute approximate surface area is 177 Å². The van der Waals surface area contributed by atoms with Crippen molar-refractivity contribution in [2.75, 3.05) is 38.0 Å². The lowest BCUT2D eigenvalue weighted by Crippen LogP contribution is -2.50. The number of halogens is 2. The molecule has 1 aliphatic heterocycles. The van der Waals surface area contributed by atoms with Crippen LogP contribution in [-0.2, 0) is 4.79 Å². The minimum absolute atomic E-state index is 0.0449. The lowest BCUT2D eigenvalue weighted by atomic mass is 10.1. The van der Waals surface area contributed by atoms with E-state index in [1.807, 2.05) is 0 Å². The number of benzene rings is 2. The van der Waals surface area contributed by atoms with E-state index in [1.54, 1.807) is 28.0 Å². The maximum atomic E-state index is 13.2. The number of carbonyl (C=O) groups is 2. The van der Waals surface area contributed by atoms with Gasteiger partial charge >= 0.3 is 0 Å². The number of nitro groups is 1. The summed E-state index contributed by atoms with van der Waals surface area (Å²) in [5.74, 6) is -0.917. The molecule has 158 valence electrons. The van der Waals surface area contributed by atoms with Crippen molar-refractivity contribution < 1.29 is 18.9 Å². The molecule has 0 spiro atoms. The molecule has 0 unspecified atom stereocenters. The highest BCUT2D eigenvalue weighted by Crippen LogP contribution is 2.23. The molecule has 2 aromatic carbocycles. The smallest absolute Gasteiger partial charge is 0.292 e. The average Bonchev–Trinajstić information content (AvgIpc) is 2.73. The molecule has 1 fully saturated rings. The highest BCUT2D eigenvalue weighted by molar-refractivity contribution is 6.33. The van der Waals surface area contributed by atoms with Crippen LogP contribution in [0.1, 0.15) is 16.8 Å². The van der Waals surface area contributed by atoms with E-state index in [0.29, 0.717) is 31.9 Å². The minimum Gasteiger partial charge on any atom is -0.379 e. The Balaban J connectivity index is 1.48. The van der Waals surface area contributed by atoms with Gasteiger partial charge in [0.2, 0.25) is 5.91 Å². The van der Waals surface area contributed by atoms with Crippen molar-refractivity contribution in [3.8, 4) is 0 Å². The quantitative estimate of drug-likeness (QED) is 0.556. The Morgan fingerprint density at radius 1 is 1.10 bits per heavy atom. The Hall–Kier alpha value is -3.20. The first kappa shape index (κ1) is 21.5. The van der Waals surface area contributed by atoms with Crippen molar-refractivity contribution in [1.29, 1.82) is 0 Å². The number of nitrogens with one attached hydrogen (secondary N) is 1. The van der Waals surface area contributed by atoms with Crippen LogP contribution in [0.2, 0.25) is 5.02 Å². The maximum absolute atomic E-state index is 13.2. The Morgan fingerprint density at radius 2 is 1.77 bits per heavy atom. The summed E-state index contributed by atoms with van der Waals surface area (Å²) in [4.78, 5) is 38.8. The van der Waals surface area contributed by atoms with Crippen molar-refractivity contribution >= 4 is 34.8 Å². The third-order valence-electron chi connectivity index (χ3n) is 4.84. The largest absolute Gasteiger partial charge is 0.379 e. The molecule has 1 heterocycles. The van der Waals surface area contributed by atoms with Crippen molar-refractivity contribution in [3.05, 3.63) is 69.0 Å². The van der Waals surface area contributed by atoms with Gasteiger partial charge in [0.05, 0.1) is 15.5 Å². The van der Waals surface area contributed by atoms with Gasteiger partial charge < -0.3 is 15.1 Å². The third kappa shape index (κ3) is 5.04. The molecule has 1 saturated heterocycles. The summed E-state index contributed by atoms with van der Waals surface area (Å²) < 4.78 is 13.2. The standard InChI is InChI=1S/C20H20ClFN4O4/c21-16-13-14(22)5-6-15(16)20(28)25-11-9-24(10-12-25)19(27)7-8-23-17-3-1-2-4-18(17)26(29)30/h1-6,13,23H,7-12H2. The summed E-state index contributed by atoms with van der Waals surface area (Å²) in [6.07, 6.45) is 0.170. The zero-order valence-corrected chi connectivity index (χ0v) is 16.8. The number of carbonyl (C=O) groups excluding carboxylic acids is 2. The maximum Gasteiger partial charge on any atom is 0.292 e. The first-order chi connectivity index (χ1) is 14.4. The molecule has 30 heavy (non-hydrogen) atoms. The molecule has 0 saturated carbocycles. The zero-order valence-electron chi connectivity index (χ0n) is 16.0. The fourth-order valence-electron chi connectivity index (χ4n) is 3.24. The van der Waals surface area contributed by atoms with E-state index < -0.39 is 10.7 Å². The monoisotopic (exact) mass is 434 g/mol. The number of amides is 2. The Morgan fingerprint density at radius 3 is 2.43 bits per heavy atom. The number of rotatable bonds is 6.